The lowest BCUT2D eigenvalue weighted by atomic mass is 10.0. The van der Waals surface area contributed by atoms with Crippen molar-refractivity contribution in [1.82, 2.24) is 0 Å². The summed E-state index contributed by atoms with van der Waals surface area (Å²) in [5, 5.41) is 18.3. The molecule has 0 aromatic carbocycles. The largest absolute Gasteiger partial charge is 0.472 e. The van der Waals surface area contributed by atoms with Crippen molar-refractivity contribution in [2.45, 2.75) is 212 Å². The van der Waals surface area contributed by atoms with E-state index >= 15 is 0 Å². The molecule has 3 atom stereocenters. The van der Waals surface area contributed by atoms with Crippen LogP contribution in [0.5, 0.6) is 0 Å². The van der Waals surface area contributed by atoms with Crippen molar-refractivity contribution in [1.29, 1.82) is 0 Å². The zero-order valence-electron chi connectivity index (χ0n) is 33.1. The number of esters is 1. The minimum atomic E-state index is -4.51. The van der Waals surface area contributed by atoms with Crippen molar-refractivity contribution in [2.75, 3.05) is 33.0 Å². The molecule has 0 aliphatic carbocycles. The molecule has 0 aliphatic rings. The highest BCUT2D eigenvalue weighted by Gasteiger charge is 2.26. The number of aliphatic hydroxyl groups excluding tert-OH is 2. The zero-order chi connectivity index (χ0) is 37.5. The SMILES string of the molecule is CCCCCCCCC/C=C\CCCCCCCC(=O)OC(COCCCCCCCCCCCCCCCC)COP(=O)(O)OCC(O)CO. The number of phosphoric ester groups is 1. The van der Waals surface area contributed by atoms with Crippen LogP contribution in [0.1, 0.15) is 200 Å². The molecule has 10 heteroatoms. The van der Waals surface area contributed by atoms with Gasteiger partial charge in [0.05, 0.1) is 26.4 Å². The summed E-state index contributed by atoms with van der Waals surface area (Å²) in [6, 6.07) is 0. The molecule has 3 N–H and O–H groups in total. The lowest BCUT2D eigenvalue weighted by molar-refractivity contribution is -0.154. The van der Waals surface area contributed by atoms with Crippen LogP contribution in [0.2, 0.25) is 0 Å². The molecule has 0 heterocycles. The maximum Gasteiger partial charge on any atom is 0.472 e. The van der Waals surface area contributed by atoms with Gasteiger partial charge in [0.15, 0.2) is 0 Å². The van der Waals surface area contributed by atoms with Gasteiger partial charge >= 0.3 is 13.8 Å². The molecule has 51 heavy (non-hydrogen) atoms. The molecule has 0 spiro atoms. The number of carbonyl (C=O) groups is 1. The van der Waals surface area contributed by atoms with Crippen LogP contribution >= 0.6 is 7.82 Å². The molecule has 0 amide bonds. The second-order valence-corrected chi connectivity index (χ2v) is 15.8. The van der Waals surface area contributed by atoms with Gasteiger partial charge in [0.25, 0.3) is 0 Å². The Bertz CT molecular complexity index is 810. The Morgan fingerprint density at radius 3 is 1.47 bits per heavy atom. The van der Waals surface area contributed by atoms with Crippen LogP contribution < -0.4 is 0 Å². The quantitative estimate of drug-likeness (QED) is 0.0242. The molecule has 0 radical (unpaired) electrons. The first kappa shape index (κ1) is 50.2. The van der Waals surface area contributed by atoms with E-state index in [0.717, 1.165) is 51.4 Å². The summed E-state index contributed by atoms with van der Waals surface area (Å²) in [6.07, 6.45) is 37.3. The van der Waals surface area contributed by atoms with Crippen molar-refractivity contribution in [2.24, 2.45) is 0 Å². The van der Waals surface area contributed by atoms with Crippen LogP contribution in [0.4, 0.5) is 0 Å². The molecule has 0 aliphatic heterocycles. The van der Waals surface area contributed by atoms with E-state index in [1.807, 2.05) is 0 Å². The number of hydrogen-bond acceptors (Lipinski definition) is 8. The van der Waals surface area contributed by atoms with Crippen molar-refractivity contribution < 1.29 is 43.0 Å². The Labute approximate surface area is 313 Å². The van der Waals surface area contributed by atoms with Gasteiger partial charge < -0.3 is 24.6 Å². The van der Waals surface area contributed by atoms with Gasteiger partial charge in [-0.05, 0) is 38.5 Å². The van der Waals surface area contributed by atoms with Gasteiger partial charge in [-0.2, -0.15) is 0 Å². The van der Waals surface area contributed by atoms with Gasteiger partial charge in [-0.3, -0.25) is 13.8 Å². The standard InChI is InChI=1S/C41H81O9P/c1-3-5-7-9-11-13-15-17-19-20-21-23-25-27-29-31-33-41(44)50-40(38-49-51(45,46)48-36-39(43)35-42)37-47-34-32-30-28-26-24-22-18-16-14-12-10-8-6-4-2/h19-20,39-40,42-43H,3-18,21-38H2,1-2H3,(H,45,46)/b20-19-. The van der Waals surface area contributed by atoms with Gasteiger partial charge in [0.2, 0.25) is 0 Å². The van der Waals surface area contributed by atoms with E-state index in [1.54, 1.807) is 0 Å². The summed E-state index contributed by atoms with van der Waals surface area (Å²) in [5.41, 5.74) is 0. The van der Waals surface area contributed by atoms with Crippen LogP contribution in [-0.2, 0) is 27.9 Å². The number of hydrogen-bond donors (Lipinski definition) is 3. The molecular weight excluding hydrogens is 667 g/mol. The average Bonchev–Trinajstić information content (AvgIpc) is 3.12. The number of carbonyl (C=O) groups excluding carboxylic acids is 1. The van der Waals surface area contributed by atoms with Crippen molar-refractivity contribution in [3.05, 3.63) is 12.2 Å². The van der Waals surface area contributed by atoms with E-state index in [-0.39, 0.29) is 25.6 Å². The van der Waals surface area contributed by atoms with Crippen LogP contribution in [0.15, 0.2) is 12.2 Å². The van der Waals surface area contributed by atoms with Crippen LogP contribution in [-0.4, -0.2) is 66.3 Å². The number of ether oxygens (including phenoxy) is 2. The molecule has 0 aromatic rings. The second kappa shape index (κ2) is 38.9. The Hall–Kier alpha value is -0.800. The average molecular weight is 749 g/mol. The summed E-state index contributed by atoms with van der Waals surface area (Å²) < 4.78 is 33.3. The number of aliphatic hydroxyl groups is 2. The molecule has 0 aromatic heterocycles. The molecule has 0 bridgehead atoms. The lowest BCUT2D eigenvalue weighted by Crippen LogP contribution is -2.29. The van der Waals surface area contributed by atoms with Gasteiger partial charge in [0, 0.05) is 13.0 Å². The van der Waals surface area contributed by atoms with E-state index in [0.29, 0.717) is 6.61 Å². The number of allylic oxidation sites excluding steroid dienone is 2. The molecule has 3 unspecified atom stereocenters. The van der Waals surface area contributed by atoms with Crippen molar-refractivity contribution in [3.8, 4) is 0 Å². The lowest BCUT2D eigenvalue weighted by Gasteiger charge is -2.20. The highest BCUT2D eigenvalue weighted by molar-refractivity contribution is 7.47. The van der Waals surface area contributed by atoms with Gasteiger partial charge in [0.1, 0.15) is 12.2 Å². The summed E-state index contributed by atoms with van der Waals surface area (Å²) in [5.74, 6) is -0.388. The molecule has 0 saturated carbocycles. The predicted octanol–water partition coefficient (Wildman–Crippen LogP) is 11.3. The maximum atomic E-state index is 12.6. The monoisotopic (exact) mass is 749 g/mol. The fraction of sp³-hybridized carbons (Fsp3) is 0.927. The molecule has 304 valence electrons. The molecule has 0 saturated heterocycles. The van der Waals surface area contributed by atoms with E-state index < -0.39 is 33.2 Å². The van der Waals surface area contributed by atoms with E-state index in [2.05, 4.69) is 26.0 Å². The molecule has 9 nitrogen and oxygen atoms in total. The maximum absolute atomic E-state index is 12.6. The number of phosphoric acid groups is 1. The van der Waals surface area contributed by atoms with Crippen LogP contribution in [0, 0.1) is 0 Å². The summed E-state index contributed by atoms with van der Waals surface area (Å²) in [7, 11) is -4.51. The van der Waals surface area contributed by atoms with E-state index in [9.17, 15) is 19.4 Å². The Kier molecular flexibility index (Phi) is 38.3. The summed E-state index contributed by atoms with van der Waals surface area (Å²) in [4.78, 5) is 22.5. The normalized spacial score (nSPS) is 14.2. The van der Waals surface area contributed by atoms with Crippen LogP contribution in [0.25, 0.3) is 0 Å². The highest BCUT2D eigenvalue weighted by atomic mass is 31.2. The van der Waals surface area contributed by atoms with E-state index in [4.69, 9.17) is 23.6 Å². The third kappa shape index (κ3) is 38.7. The number of rotatable bonds is 41. The first-order valence-electron chi connectivity index (χ1n) is 21.2. The third-order valence-corrected chi connectivity index (χ3v) is 10.2. The fourth-order valence-electron chi connectivity index (χ4n) is 5.94. The molecule has 0 rings (SSSR count). The first-order chi connectivity index (χ1) is 24.8. The van der Waals surface area contributed by atoms with Crippen molar-refractivity contribution in [3.63, 3.8) is 0 Å². The predicted molar refractivity (Wildman–Crippen MR) is 210 cm³/mol. The summed E-state index contributed by atoms with van der Waals surface area (Å²) in [6.45, 7) is 3.54. The second-order valence-electron chi connectivity index (χ2n) is 14.4. The van der Waals surface area contributed by atoms with Crippen molar-refractivity contribution >= 4 is 13.8 Å². The van der Waals surface area contributed by atoms with Crippen LogP contribution in [0.3, 0.4) is 0 Å². The fourth-order valence-corrected chi connectivity index (χ4v) is 6.73. The minimum Gasteiger partial charge on any atom is -0.457 e. The van der Waals surface area contributed by atoms with Gasteiger partial charge in [-0.25, -0.2) is 4.57 Å². The topological polar surface area (TPSA) is 132 Å². The zero-order valence-corrected chi connectivity index (χ0v) is 34.0. The molecular formula is C41H81O9P. The minimum absolute atomic E-state index is 0.0515. The highest BCUT2D eigenvalue weighted by Crippen LogP contribution is 2.43. The van der Waals surface area contributed by atoms with E-state index in [1.165, 1.54) is 128 Å². The smallest absolute Gasteiger partial charge is 0.457 e. The Morgan fingerprint density at radius 2 is 1.00 bits per heavy atom. The number of unbranched alkanes of at least 4 members (excludes halogenated alkanes) is 25. The van der Waals surface area contributed by atoms with Gasteiger partial charge in [-0.1, -0.05) is 167 Å². The Morgan fingerprint density at radius 1 is 0.588 bits per heavy atom. The Balaban J connectivity index is 4.17. The first-order valence-corrected chi connectivity index (χ1v) is 22.7. The van der Waals surface area contributed by atoms with Gasteiger partial charge in [-0.15, -0.1) is 0 Å². The molecule has 0 fully saturated rings. The third-order valence-electron chi connectivity index (χ3n) is 9.20. The summed E-state index contributed by atoms with van der Waals surface area (Å²) >= 11 is 0.